The van der Waals surface area contributed by atoms with Crippen LogP contribution in [0.5, 0.6) is 5.75 Å². The van der Waals surface area contributed by atoms with Gasteiger partial charge in [-0.05, 0) is 44.0 Å². The SMILES string of the molecule is COc1cc(Cl)ccc1C(=O)NCC[C@H]1CCCN1.Cl. The molecule has 1 heterocycles. The van der Waals surface area contributed by atoms with E-state index < -0.39 is 0 Å². The normalized spacial score (nSPS) is 17.4. The van der Waals surface area contributed by atoms with Gasteiger partial charge in [-0.15, -0.1) is 12.4 Å². The summed E-state index contributed by atoms with van der Waals surface area (Å²) >= 11 is 5.87. The largest absolute Gasteiger partial charge is 0.496 e. The number of carbonyl (C=O) groups excluding carboxylic acids is 1. The molecule has 20 heavy (non-hydrogen) atoms. The van der Waals surface area contributed by atoms with Crippen molar-refractivity contribution in [1.29, 1.82) is 0 Å². The van der Waals surface area contributed by atoms with Gasteiger partial charge in [-0.25, -0.2) is 0 Å². The molecule has 6 heteroatoms. The summed E-state index contributed by atoms with van der Waals surface area (Å²) in [6.07, 6.45) is 3.38. The highest BCUT2D eigenvalue weighted by atomic mass is 35.5. The first-order valence-corrected chi connectivity index (χ1v) is 6.93. The first-order chi connectivity index (χ1) is 9.20. The molecule has 1 aromatic rings. The number of amides is 1. The molecule has 0 radical (unpaired) electrons. The Morgan fingerprint density at radius 2 is 2.35 bits per heavy atom. The molecular formula is C14H20Cl2N2O2. The van der Waals surface area contributed by atoms with Crippen LogP contribution in [0.2, 0.25) is 5.02 Å². The van der Waals surface area contributed by atoms with Gasteiger partial charge in [-0.2, -0.15) is 0 Å². The van der Waals surface area contributed by atoms with Crippen molar-refractivity contribution >= 4 is 29.9 Å². The first kappa shape index (κ1) is 17.1. The Labute approximate surface area is 130 Å². The lowest BCUT2D eigenvalue weighted by Crippen LogP contribution is -2.30. The van der Waals surface area contributed by atoms with Gasteiger partial charge in [0.2, 0.25) is 0 Å². The van der Waals surface area contributed by atoms with Crippen LogP contribution in [0.1, 0.15) is 29.6 Å². The molecule has 0 unspecified atom stereocenters. The molecule has 112 valence electrons. The smallest absolute Gasteiger partial charge is 0.255 e. The van der Waals surface area contributed by atoms with Crippen molar-refractivity contribution in [3.05, 3.63) is 28.8 Å². The first-order valence-electron chi connectivity index (χ1n) is 6.56. The molecule has 0 aliphatic carbocycles. The summed E-state index contributed by atoms with van der Waals surface area (Å²) in [4.78, 5) is 12.1. The minimum atomic E-state index is -0.119. The van der Waals surface area contributed by atoms with Crippen molar-refractivity contribution in [2.75, 3.05) is 20.2 Å². The lowest BCUT2D eigenvalue weighted by Gasteiger charge is -2.12. The second kappa shape index (κ2) is 8.35. The van der Waals surface area contributed by atoms with Crippen LogP contribution in [0.3, 0.4) is 0 Å². The molecule has 1 fully saturated rings. The van der Waals surface area contributed by atoms with E-state index in [0.29, 0.717) is 28.9 Å². The van der Waals surface area contributed by atoms with Crippen molar-refractivity contribution in [2.45, 2.75) is 25.3 Å². The number of benzene rings is 1. The second-order valence-corrected chi connectivity index (χ2v) is 5.12. The summed E-state index contributed by atoms with van der Waals surface area (Å²) in [7, 11) is 1.53. The molecule has 0 bridgehead atoms. The number of ether oxygens (including phenoxy) is 1. The Kier molecular flexibility index (Phi) is 7.13. The number of hydrogen-bond donors (Lipinski definition) is 2. The maximum atomic E-state index is 12.1. The maximum absolute atomic E-state index is 12.1. The average molecular weight is 319 g/mol. The van der Waals surface area contributed by atoms with E-state index >= 15 is 0 Å². The Morgan fingerprint density at radius 1 is 1.55 bits per heavy atom. The predicted molar refractivity (Wildman–Crippen MR) is 83.2 cm³/mol. The zero-order chi connectivity index (χ0) is 13.7. The van der Waals surface area contributed by atoms with Crippen LogP contribution in [0.25, 0.3) is 0 Å². The topological polar surface area (TPSA) is 50.4 Å². The number of nitrogens with one attached hydrogen (secondary N) is 2. The predicted octanol–water partition coefficient (Wildman–Crippen LogP) is 2.64. The molecule has 1 atom stereocenters. The lowest BCUT2D eigenvalue weighted by atomic mass is 10.1. The molecule has 1 amide bonds. The van der Waals surface area contributed by atoms with Gasteiger partial charge in [-0.3, -0.25) is 4.79 Å². The van der Waals surface area contributed by atoms with Gasteiger partial charge in [0.05, 0.1) is 12.7 Å². The fraction of sp³-hybridized carbons (Fsp3) is 0.500. The molecule has 1 saturated heterocycles. The van der Waals surface area contributed by atoms with E-state index in [9.17, 15) is 4.79 Å². The summed E-state index contributed by atoms with van der Waals surface area (Å²) in [6, 6.07) is 5.56. The number of hydrogen-bond acceptors (Lipinski definition) is 3. The van der Waals surface area contributed by atoms with Gasteiger partial charge >= 0.3 is 0 Å². The lowest BCUT2D eigenvalue weighted by molar-refractivity contribution is 0.0949. The monoisotopic (exact) mass is 318 g/mol. The van der Waals surface area contributed by atoms with Crippen LogP contribution in [-0.2, 0) is 0 Å². The molecule has 1 aliphatic heterocycles. The van der Waals surface area contributed by atoms with Gasteiger partial charge in [0.15, 0.2) is 0 Å². The van der Waals surface area contributed by atoms with Crippen molar-refractivity contribution in [3.8, 4) is 5.75 Å². The zero-order valence-electron chi connectivity index (χ0n) is 11.4. The van der Waals surface area contributed by atoms with E-state index in [0.717, 1.165) is 13.0 Å². The number of carbonyl (C=O) groups is 1. The Balaban J connectivity index is 0.00000200. The average Bonchev–Trinajstić information content (AvgIpc) is 2.91. The van der Waals surface area contributed by atoms with Crippen LogP contribution in [0, 0.1) is 0 Å². The van der Waals surface area contributed by atoms with Crippen LogP contribution < -0.4 is 15.4 Å². The minimum absolute atomic E-state index is 0. The Hall–Kier alpha value is -0.970. The van der Waals surface area contributed by atoms with Crippen LogP contribution in [-0.4, -0.2) is 32.1 Å². The zero-order valence-corrected chi connectivity index (χ0v) is 13.0. The molecule has 0 saturated carbocycles. The summed E-state index contributed by atoms with van der Waals surface area (Å²) in [6.45, 7) is 1.76. The van der Waals surface area contributed by atoms with E-state index in [4.69, 9.17) is 16.3 Å². The van der Waals surface area contributed by atoms with Crippen molar-refractivity contribution in [2.24, 2.45) is 0 Å². The van der Waals surface area contributed by atoms with E-state index in [2.05, 4.69) is 10.6 Å². The number of halogens is 2. The van der Waals surface area contributed by atoms with Crippen molar-refractivity contribution in [1.82, 2.24) is 10.6 Å². The highest BCUT2D eigenvalue weighted by molar-refractivity contribution is 6.30. The Morgan fingerprint density at radius 3 is 3.00 bits per heavy atom. The minimum Gasteiger partial charge on any atom is -0.496 e. The quantitative estimate of drug-likeness (QED) is 0.877. The van der Waals surface area contributed by atoms with Gasteiger partial charge in [0, 0.05) is 17.6 Å². The summed E-state index contributed by atoms with van der Waals surface area (Å²) in [5.74, 6) is 0.385. The van der Waals surface area contributed by atoms with Gasteiger partial charge in [-0.1, -0.05) is 11.6 Å². The van der Waals surface area contributed by atoms with Crippen LogP contribution in [0.4, 0.5) is 0 Å². The summed E-state index contributed by atoms with van der Waals surface area (Å²) < 4.78 is 5.17. The second-order valence-electron chi connectivity index (χ2n) is 4.68. The molecule has 1 aliphatic rings. The Bertz CT molecular complexity index is 449. The highest BCUT2D eigenvalue weighted by Gasteiger charge is 2.15. The van der Waals surface area contributed by atoms with E-state index in [1.807, 2.05) is 0 Å². The van der Waals surface area contributed by atoms with E-state index in [-0.39, 0.29) is 18.3 Å². The summed E-state index contributed by atoms with van der Waals surface area (Å²) in [5.41, 5.74) is 0.520. The maximum Gasteiger partial charge on any atom is 0.255 e. The van der Waals surface area contributed by atoms with Crippen LogP contribution in [0.15, 0.2) is 18.2 Å². The van der Waals surface area contributed by atoms with Gasteiger partial charge < -0.3 is 15.4 Å². The van der Waals surface area contributed by atoms with Gasteiger partial charge in [0.25, 0.3) is 5.91 Å². The standard InChI is InChI=1S/C14H19ClN2O2.ClH/c1-19-13-9-10(15)4-5-12(13)14(18)17-8-6-11-3-2-7-16-11;/h4-5,9,11,16H,2-3,6-8H2,1H3,(H,17,18);1H/t11-;/m1./s1. The van der Waals surface area contributed by atoms with Crippen LogP contribution >= 0.6 is 24.0 Å². The molecule has 0 aromatic heterocycles. The van der Waals surface area contributed by atoms with Gasteiger partial charge in [0.1, 0.15) is 5.75 Å². The van der Waals surface area contributed by atoms with Crippen molar-refractivity contribution in [3.63, 3.8) is 0 Å². The third-order valence-corrected chi connectivity index (χ3v) is 3.58. The molecular weight excluding hydrogens is 299 g/mol. The molecule has 4 nitrogen and oxygen atoms in total. The third-order valence-electron chi connectivity index (χ3n) is 3.35. The van der Waals surface area contributed by atoms with E-state index in [1.54, 1.807) is 18.2 Å². The molecule has 1 aromatic carbocycles. The third kappa shape index (κ3) is 4.54. The molecule has 2 rings (SSSR count). The van der Waals surface area contributed by atoms with Crippen molar-refractivity contribution < 1.29 is 9.53 Å². The molecule has 2 N–H and O–H groups in total. The summed E-state index contributed by atoms with van der Waals surface area (Å²) in [5, 5.41) is 6.88. The number of methoxy groups -OCH3 is 1. The highest BCUT2D eigenvalue weighted by Crippen LogP contribution is 2.22. The van der Waals surface area contributed by atoms with E-state index in [1.165, 1.54) is 20.0 Å². The fourth-order valence-corrected chi connectivity index (χ4v) is 2.47. The fourth-order valence-electron chi connectivity index (χ4n) is 2.31. The number of rotatable bonds is 5. The molecule has 0 spiro atoms.